The van der Waals surface area contributed by atoms with Crippen molar-refractivity contribution in [1.29, 1.82) is 0 Å². The molecule has 2 aromatic rings. The van der Waals surface area contributed by atoms with Crippen molar-refractivity contribution in [3.05, 3.63) is 30.5 Å². The second-order valence-corrected chi connectivity index (χ2v) is 4.18. The van der Waals surface area contributed by atoms with Gasteiger partial charge in [-0.2, -0.15) is 0 Å². The molecule has 1 heterocycles. The number of benzene rings is 1. The standard InChI is InChI=1S/C13H18N2O/c1-10(2)14-7-8-15-12-9-16-13-6-4-3-5-11(12)13/h3-6,9-10,14-15H,7-8H2,1-2H3. The predicted molar refractivity (Wildman–Crippen MR) is 67.8 cm³/mol. The van der Waals surface area contributed by atoms with Gasteiger partial charge in [0.25, 0.3) is 0 Å². The van der Waals surface area contributed by atoms with Gasteiger partial charge in [-0.1, -0.05) is 26.0 Å². The Labute approximate surface area is 95.8 Å². The van der Waals surface area contributed by atoms with E-state index in [0.717, 1.165) is 29.7 Å². The van der Waals surface area contributed by atoms with E-state index in [1.807, 2.05) is 18.2 Å². The molecule has 0 spiro atoms. The molecule has 0 unspecified atom stereocenters. The van der Waals surface area contributed by atoms with Gasteiger partial charge in [0, 0.05) is 24.5 Å². The van der Waals surface area contributed by atoms with Gasteiger partial charge in [0.05, 0.1) is 5.69 Å². The van der Waals surface area contributed by atoms with Crippen LogP contribution in [-0.4, -0.2) is 19.1 Å². The molecule has 1 aromatic carbocycles. The summed E-state index contributed by atoms with van der Waals surface area (Å²) in [6.45, 7) is 6.15. The third-order valence-corrected chi connectivity index (χ3v) is 2.47. The van der Waals surface area contributed by atoms with Crippen molar-refractivity contribution in [3.63, 3.8) is 0 Å². The van der Waals surface area contributed by atoms with Crippen molar-refractivity contribution in [2.45, 2.75) is 19.9 Å². The van der Waals surface area contributed by atoms with E-state index in [1.165, 1.54) is 0 Å². The van der Waals surface area contributed by atoms with E-state index in [0.29, 0.717) is 6.04 Å². The van der Waals surface area contributed by atoms with Crippen LogP contribution in [0.2, 0.25) is 0 Å². The molecule has 86 valence electrons. The van der Waals surface area contributed by atoms with E-state index in [-0.39, 0.29) is 0 Å². The van der Waals surface area contributed by atoms with Gasteiger partial charge in [-0.15, -0.1) is 0 Å². The zero-order chi connectivity index (χ0) is 11.4. The number of hydrogen-bond donors (Lipinski definition) is 2. The summed E-state index contributed by atoms with van der Waals surface area (Å²) in [6, 6.07) is 8.58. The third-order valence-electron chi connectivity index (χ3n) is 2.47. The van der Waals surface area contributed by atoms with Gasteiger partial charge in [-0.3, -0.25) is 0 Å². The molecule has 0 saturated carbocycles. The van der Waals surface area contributed by atoms with Gasteiger partial charge in [-0.25, -0.2) is 0 Å². The molecule has 0 aliphatic heterocycles. The summed E-state index contributed by atoms with van der Waals surface area (Å²) in [5, 5.41) is 7.88. The van der Waals surface area contributed by atoms with Crippen LogP contribution in [0.25, 0.3) is 11.0 Å². The zero-order valence-corrected chi connectivity index (χ0v) is 9.79. The van der Waals surface area contributed by atoms with E-state index >= 15 is 0 Å². The van der Waals surface area contributed by atoms with Crippen LogP contribution in [0.1, 0.15) is 13.8 Å². The maximum Gasteiger partial charge on any atom is 0.136 e. The number of nitrogens with one attached hydrogen (secondary N) is 2. The quantitative estimate of drug-likeness (QED) is 0.758. The Bertz CT molecular complexity index is 448. The largest absolute Gasteiger partial charge is 0.462 e. The number of fused-ring (bicyclic) bond motifs is 1. The van der Waals surface area contributed by atoms with Crippen LogP contribution >= 0.6 is 0 Å². The van der Waals surface area contributed by atoms with E-state index < -0.39 is 0 Å². The van der Waals surface area contributed by atoms with Gasteiger partial charge in [0.15, 0.2) is 0 Å². The number of hydrogen-bond acceptors (Lipinski definition) is 3. The Balaban J connectivity index is 1.94. The highest BCUT2D eigenvalue weighted by Crippen LogP contribution is 2.24. The predicted octanol–water partition coefficient (Wildman–Crippen LogP) is 2.84. The van der Waals surface area contributed by atoms with Crippen molar-refractivity contribution < 1.29 is 4.42 Å². The molecule has 2 rings (SSSR count). The lowest BCUT2D eigenvalue weighted by molar-refractivity contribution is 0.600. The summed E-state index contributed by atoms with van der Waals surface area (Å²) in [7, 11) is 0. The first-order chi connectivity index (χ1) is 7.77. The lowest BCUT2D eigenvalue weighted by Crippen LogP contribution is -2.28. The number of anilines is 1. The van der Waals surface area contributed by atoms with Crippen molar-refractivity contribution >= 4 is 16.7 Å². The van der Waals surface area contributed by atoms with E-state index in [4.69, 9.17) is 4.42 Å². The fourth-order valence-electron chi connectivity index (χ4n) is 1.67. The normalized spacial score (nSPS) is 11.2. The molecule has 3 nitrogen and oxygen atoms in total. The number of para-hydroxylation sites is 1. The highest BCUT2D eigenvalue weighted by molar-refractivity contribution is 5.90. The van der Waals surface area contributed by atoms with Crippen LogP contribution in [0.4, 0.5) is 5.69 Å². The molecule has 1 aromatic heterocycles. The van der Waals surface area contributed by atoms with Crippen molar-refractivity contribution in [2.75, 3.05) is 18.4 Å². The molecular weight excluding hydrogens is 200 g/mol. The molecule has 16 heavy (non-hydrogen) atoms. The summed E-state index contributed by atoms with van der Waals surface area (Å²) in [6.07, 6.45) is 1.78. The second kappa shape index (κ2) is 5.03. The van der Waals surface area contributed by atoms with Gasteiger partial charge < -0.3 is 15.1 Å². The molecular formula is C13H18N2O. The lowest BCUT2D eigenvalue weighted by Gasteiger charge is -2.08. The molecule has 0 saturated heterocycles. The summed E-state index contributed by atoms with van der Waals surface area (Å²) in [5.74, 6) is 0. The van der Waals surface area contributed by atoms with E-state index in [9.17, 15) is 0 Å². The molecule has 0 amide bonds. The highest BCUT2D eigenvalue weighted by Gasteiger charge is 2.03. The molecule has 0 radical (unpaired) electrons. The molecule has 2 N–H and O–H groups in total. The van der Waals surface area contributed by atoms with Crippen LogP contribution in [-0.2, 0) is 0 Å². The first-order valence-electron chi connectivity index (χ1n) is 5.71. The molecule has 0 atom stereocenters. The van der Waals surface area contributed by atoms with Gasteiger partial charge >= 0.3 is 0 Å². The minimum atomic E-state index is 0.530. The van der Waals surface area contributed by atoms with Crippen LogP contribution in [0.5, 0.6) is 0 Å². The molecule has 3 heteroatoms. The smallest absolute Gasteiger partial charge is 0.136 e. The molecule has 0 fully saturated rings. The number of rotatable bonds is 5. The Kier molecular flexibility index (Phi) is 3.47. The topological polar surface area (TPSA) is 37.2 Å². The van der Waals surface area contributed by atoms with Gasteiger partial charge in [-0.05, 0) is 12.1 Å². The first-order valence-corrected chi connectivity index (χ1v) is 5.71. The zero-order valence-electron chi connectivity index (χ0n) is 9.79. The first kappa shape index (κ1) is 11.0. The fourth-order valence-corrected chi connectivity index (χ4v) is 1.67. The van der Waals surface area contributed by atoms with Crippen LogP contribution < -0.4 is 10.6 Å². The SMILES string of the molecule is CC(C)NCCNc1coc2ccccc12. The Morgan fingerprint density at radius 2 is 2.00 bits per heavy atom. The minimum absolute atomic E-state index is 0.530. The summed E-state index contributed by atoms with van der Waals surface area (Å²) < 4.78 is 5.44. The average Bonchev–Trinajstić information content (AvgIpc) is 2.68. The van der Waals surface area contributed by atoms with Crippen molar-refractivity contribution in [2.24, 2.45) is 0 Å². The maximum atomic E-state index is 5.44. The summed E-state index contributed by atoms with van der Waals surface area (Å²) in [5.41, 5.74) is 2.00. The summed E-state index contributed by atoms with van der Waals surface area (Å²) in [4.78, 5) is 0. The summed E-state index contributed by atoms with van der Waals surface area (Å²) >= 11 is 0. The van der Waals surface area contributed by atoms with Gasteiger partial charge in [0.1, 0.15) is 11.8 Å². The van der Waals surface area contributed by atoms with Crippen LogP contribution in [0.3, 0.4) is 0 Å². The Hall–Kier alpha value is -1.48. The Morgan fingerprint density at radius 1 is 1.19 bits per heavy atom. The third kappa shape index (κ3) is 2.55. The van der Waals surface area contributed by atoms with Gasteiger partial charge in [0.2, 0.25) is 0 Å². The highest BCUT2D eigenvalue weighted by atomic mass is 16.3. The van der Waals surface area contributed by atoms with Crippen molar-refractivity contribution in [3.8, 4) is 0 Å². The fraction of sp³-hybridized carbons (Fsp3) is 0.385. The van der Waals surface area contributed by atoms with Crippen molar-refractivity contribution in [1.82, 2.24) is 5.32 Å². The molecule has 0 bridgehead atoms. The molecule has 0 aliphatic carbocycles. The Morgan fingerprint density at radius 3 is 2.81 bits per heavy atom. The maximum absolute atomic E-state index is 5.44. The van der Waals surface area contributed by atoms with E-state index in [1.54, 1.807) is 6.26 Å². The number of furan rings is 1. The average molecular weight is 218 g/mol. The second-order valence-electron chi connectivity index (χ2n) is 4.18. The molecule has 0 aliphatic rings. The van der Waals surface area contributed by atoms with Crippen LogP contribution in [0, 0.1) is 0 Å². The van der Waals surface area contributed by atoms with E-state index in [2.05, 4.69) is 30.5 Å². The van der Waals surface area contributed by atoms with Crippen LogP contribution in [0.15, 0.2) is 34.9 Å². The monoisotopic (exact) mass is 218 g/mol. The lowest BCUT2D eigenvalue weighted by atomic mass is 10.2. The minimum Gasteiger partial charge on any atom is -0.462 e.